The van der Waals surface area contributed by atoms with Gasteiger partial charge in [-0.3, -0.25) is 0 Å². The highest BCUT2D eigenvalue weighted by Crippen LogP contribution is 2.36. The van der Waals surface area contributed by atoms with Gasteiger partial charge in [-0.05, 0) is 36.2 Å². The fraction of sp³-hybridized carbons (Fsp3) is 0.143. The van der Waals surface area contributed by atoms with Crippen molar-refractivity contribution >= 4 is 31.9 Å². The maximum absolute atomic E-state index is 13.2. The van der Waals surface area contributed by atoms with Crippen molar-refractivity contribution in [3.8, 4) is 0 Å². The van der Waals surface area contributed by atoms with Gasteiger partial charge in [0.15, 0.2) is 11.6 Å². The predicted molar refractivity (Wildman–Crippen MR) is 76.0 cm³/mol. The van der Waals surface area contributed by atoms with Gasteiger partial charge in [0.25, 0.3) is 0 Å². The van der Waals surface area contributed by atoms with Crippen LogP contribution in [0.4, 0.5) is 8.78 Å². The molecule has 0 aliphatic heterocycles. The number of hydrogen-bond acceptors (Lipinski definition) is 0. The zero-order valence-electron chi connectivity index (χ0n) is 9.55. The topological polar surface area (TPSA) is 0 Å². The molecule has 0 heterocycles. The fourth-order valence-electron chi connectivity index (χ4n) is 1.71. The van der Waals surface area contributed by atoms with Crippen LogP contribution in [0, 0.1) is 18.6 Å². The summed E-state index contributed by atoms with van der Waals surface area (Å²) < 4.78 is 27.1. The Labute approximate surface area is 121 Å². The molecule has 18 heavy (non-hydrogen) atoms. The van der Waals surface area contributed by atoms with E-state index < -0.39 is 11.6 Å². The minimum Gasteiger partial charge on any atom is -0.204 e. The zero-order chi connectivity index (χ0) is 13.3. The highest BCUT2D eigenvalue weighted by atomic mass is 79.9. The Morgan fingerprint density at radius 2 is 1.72 bits per heavy atom. The monoisotopic (exact) mass is 374 g/mol. The average Bonchev–Trinajstić information content (AvgIpc) is 2.35. The van der Waals surface area contributed by atoms with Crippen LogP contribution < -0.4 is 0 Å². The van der Waals surface area contributed by atoms with Crippen LogP contribution in [0.15, 0.2) is 40.9 Å². The molecule has 0 radical (unpaired) electrons. The van der Waals surface area contributed by atoms with Crippen molar-refractivity contribution in [2.24, 2.45) is 0 Å². The van der Waals surface area contributed by atoms with Crippen LogP contribution in [-0.4, -0.2) is 0 Å². The quantitative estimate of drug-likeness (QED) is 0.606. The van der Waals surface area contributed by atoms with Crippen molar-refractivity contribution < 1.29 is 8.78 Å². The average molecular weight is 376 g/mol. The Bertz CT molecular complexity index is 582. The third-order valence-electron chi connectivity index (χ3n) is 2.66. The summed E-state index contributed by atoms with van der Waals surface area (Å²) >= 11 is 6.98. The lowest BCUT2D eigenvalue weighted by Gasteiger charge is -2.14. The van der Waals surface area contributed by atoms with E-state index in [9.17, 15) is 8.78 Å². The molecule has 0 aliphatic rings. The first kappa shape index (κ1) is 13.7. The molecule has 94 valence electrons. The van der Waals surface area contributed by atoms with E-state index in [1.165, 1.54) is 6.07 Å². The molecule has 0 amide bonds. The van der Waals surface area contributed by atoms with E-state index in [0.717, 1.165) is 21.7 Å². The molecule has 0 N–H and O–H groups in total. The van der Waals surface area contributed by atoms with E-state index in [2.05, 4.69) is 31.9 Å². The highest BCUT2D eigenvalue weighted by Gasteiger charge is 2.15. The number of hydrogen-bond donors (Lipinski definition) is 0. The lowest BCUT2D eigenvalue weighted by Crippen LogP contribution is -1.97. The van der Waals surface area contributed by atoms with Crippen molar-refractivity contribution in [2.45, 2.75) is 11.8 Å². The van der Waals surface area contributed by atoms with E-state index in [4.69, 9.17) is 0 Å². The van der Waals surface area contributed by atoms with Gasteiger partial charge in [0.05, 0.1) is 4.83 Å². The summed E-state index contributed by atoms with van der Waals surface area (Å²) in [6.07, 6.45) is 0. The standard InChI is InChI=1S/C14H10Br2F2/c1-8-2-4-11(15)10(6-8)14(16)9-3-5-12(17)13(18)7-9/h2-7,14H,1H3. The van der Waals surface area contributed by atoms with Crippen LogP contribution in [0.3, 0.4) is 0 Å². The molecule has 0 nitrogen and oxygen atoms in total. The maximum Gasteiger partial charge on any atom is 0.159 e. The summed E-state index contributed by atoms with van der Waals surface area (Å²) in [7, 11) is 0. The zero-order valence-corrected chi connectivity index (χ0v) is 12.7. The van der Waals surface area contributed by atoms with Crippen LogP contribution in [0.25, 0.3) is 0 Å². The Kier molecular flexibility index (Phi) is 4.17. The van der Waals surface area contributed by atoms with Gasteiger partial charge in [0.1, 0.15) is 0 Å². The number of alkyl halides is 1. The van der Waals surface area contributed by atoms with Gasteiger partial charge in [-0.1, -0.05) is 55.6 Å². The number of aryl methyl sites for hydroxylation is 1. The Morgan fingerprint density at radius 1 is 1.00 bits per heavy atom. The lowest BCUT2D eigenvalue weighted by molar-refractivity contribution is 0.507. The van der Waals surface area contributed by atoms with E-state index in [-0.39, 0.29) is 4.83 Å². The largest absolute Gasteiger partial charge is 0.204 e. The normalized spacial score (nSPS) is 12.5. The van der Waals surface area contributed by atoms with Crippen LogP contribution in [0.2, 0.25) is 0 Å². The lowest BCUT2D eigenvalue weighted by atomic mass is 10.0. The maximum atomic E-state index is 13.2. The number of benzene rings is 2. The van der Waals surface area contributed by atoms with Crippen molar-refractivity contribution in [3.63, 3.8) is 0 Å². The SMILES string of the molecule is Cc1ccc(Br)c(C(Br)c2ccc(F)c(F)c2)c1. The molecule has 0 saturated heterocycles. The van der Waals surface area contributed by atoms with Crippen LogP contribution in [-0.2, 0) is 0 Å². The van der Waals surface area contributed by atoms with Crippen molar-refractivity contribution in [1.29, 1.82) is 0 Å². The molecule has 2 aromatic rings. The molecule has 0 saturated carbocycles. The van der Waals surface area contributed by atoms with E-state index in [0.29, 0.717) is 5.56 Å². The second-order valence-corrected chi connectivity index (χ2v) is 5.83. The van der Waals surface area contributed by atoms with Gasteiger partial charge in [-0.25, -0.2) is 8.78 Å². The molecule has 4 heteroatoms. The van der Waals surface area contributed by atoms with Gasteiger partial charge in [-0.2, -0.15) is 0 Å². The number of halogens is 4. The molecule has 0 aliphatic carbocycles. The van der Waals surface area contributed by atoms with Crippen LogP contribution >= 0.6 is 31.9 Å². The predicted octanol–water partition coefficient (Wildman–Crippen LogP) is 5.52. The van der Waals surface area contributed by atoms with Crippen molar-refractivity contribution in [2.75, 3.05) is 0 Å². The Hall–Kier alpha value is -0.740. The van der Waals surface area contributed by atoms with Crippen LogP contribution in [0.1, 0.15) is 21.5 Å². The van der Waals surface area contributed by atoms with Gasteiger partial charge in [-0.15, -0.1) is 0 Å². The summed E-state index contributed by atoms with van der Waals surface area (Å²) in [6, 6.07) is 9.86. The van der Waals surface area contributed by atoms with E-state index >= 15 is 0 Å². The summed E-state index contributed by atoms with van der Waals surface area (Å²) in [5.74, 6) is -1.66. The summed E-state index contributed by atoms with van der Waals surface area (Å²) in [4.78, 5) is -0.179. The first-order valence-corrected chi connectivity index (χ1v) is 7.05. The van der Waals surface area contributed by atoms with Crippen molar-refractivity contribution in [1.82, 2.24) is 0 Å². The van der Waals surface area contributed by atoms with Gasteiger partial charge >= 0.3 is 0 Å². The molecule has 0 aromatic heterocycles. The van der Waals surface area contributed by atoms with E-state index in [1.54, 1.807) is 6.07 Å². The summed E-state index contributed by atoms with van der Waals surface area (Å²) in [6.45, 7) is 1.99. The summed E-state index contributed by atoms with van der Waals surface area (Å²) in [5.41, 5.74) is 2.78. The van der Waals surface area contributed by atoms with Gasteiger partial charge in [0.2, 0.25) is 0 Å². The molecule has 0 spiro atoms. The van der Waals surface area contributed by atoms with E-state index in [1.807, 2.05) is 25.1 Å². The van der Waals surface area contributed by atoms with Gasteiger partial charge < -0.3 is 0 Å². The van der Waals surface area contributed by atoms with Crippen molar-refractivity contribution in [3.05, 3.63) is 69.2 Å². The third kappa shape index (κ3) is 2.81. The second-order valence-electron chi connectivity index (χ2n) is 4.06. The second kappa shape index (κ2) is 5.49. The smallest absolute Gasteiger partial charge is 0.159 e. The Morgan fingerprint density at radius 3 is 2.39 bits per heavy atom. The first-order valence-electron chi connectivity index (χ1n) is 5.34. The fourth-order valence-corrected chi connectivity index (χ4v) is 3.15. The summed E-state index contributed by atoms with van der Waals surface area (Å²) in [5, 5.41) is 0. The third-order valence-corrected chi connectivity index (χ3v) is 4.40. The molecular weight excluding hydrogens is 366 g/mol. The van der Waals surface area contributed by atoms with Gasteiger partial charge in [0, 0.05) is 4.47 Å². The number of rotatable bonds is 2. The molecule has 1 atom stereocenters. The molecular formula is C14H10Br2F2. The molecule has 0 fully saturated rings. The van der Waals surface area contributed by atoms with Crippen LogP contribution in [0.5, 0.6) is 0 Å². The molecule has 0 bridgehead atoms. The molecule has 1 unspecified atom stereocenters. The minimum atomic E-state index is -0.833. The highest BCUT2D eigenvalue weighted by molar-refractivity contribution is 9.11. The molecule has 2 aromatic carbocycles. The molecule has 2 rings (SSSR count). The minimum absolute atomic E-state index is 0.179. The first-order chi connectivity index (χ1) is 8.49. The Balaban J connectivity index is 2.44.